The second-order valence-electron chi connectivity index (χ2n) is 10.0. The lowest BCUT2D eigenvalue weighted by atomic mass is 9.61. The molecule has 4 nitrogen and oxygen atoms in total. The summed E-state index contributed by atoms with van der Waals surface area (Å²) in [5.41, 5.74) is 6.70. The van der Waals surface area contributed by atoms with Crippen LogP contribution < -0.4 is 0 Å². The van der Waals surface area contributed by atoms with Gasteiger partial charge in [-0.3, -0.25) is 0 Å². The van der Waals surface area contributed by atoms with Crippen molar-refractivity contribution in [2.24, 2.45) is 0 Å². The van der Waals surface area contributed by atoms with Gasteiger partial charge in [-0.25, -0.2) is 4.79 Å². The molecule has 178 valence electrons. The Hall–Kier alpha value is -2.08. The maximum atomic E-state index is 11.1. The molecule has 0 aromatic heterocycles. The van der Waals surface area contributed by atoms with Crippen LogP contribution in [0, 0.1) is 0 Å². The number of aliphatic hydroxyl groups is 2. The average molecular weight is 469 g/mol. The van der Waals surface area contributed by atoms with Crippen LogP contribution in [0.2, 0.25) is 0 Å². The number of aromatic carboxylic acids is 1. The Morgan fingerprint density at radius 1 is 1.09 bits per heavy atom. The normalized spacial score (nSPS) is 20.5. The summed E-state index contributed by atoms with van der Waals surface area (Å²) in [5.74, 6) is 0.317. The maximum absolute atomic E-state index is 11.1. The molecule has 0 spiro atoms. The fourth-order valence-electron chi connectivity index (χ4n) is 4.51. The number of rotatable bonds is 9. The second kappa shape index (κ2) is 10.5. The Kier molecular flexibility index (Phi) is 8.09. The number of carboxylic acid groups (broad SMARTS) is 1. The highest BCUT2D eigenvalue weighted by Crippen LogP contribution is 2.48. The van der Waals surface area contributed by atoms with Crippen molar-refractivity contribution in [1.29, 1.82) is 0 Å². The van der Waals surface area contributed by atoms with E-state index in [2.05, 4.69) is 45.9 Å². The first kappa shape index (κ1) is 25.5. The molecule has 0 heterocycles. The van der Waals surface area contributed by atoms with Crippen molar-refractivity contribution in [3.8, 4) is 0 Å². The monoisotopic (exact) mass is 468 g/mol. The van der Waals surface area contributed by atoms with E-state index in [1.807, 2.05) is 18.2 Å². The molecular formula is C28H36O4S. The summed E-state index contributed by atoms with van der Waals surface area (Å²) in [6.45, 7) is 9.06. The third kappa shape index (κ3) is 5.89. The predicted molar refractivity (Wildman–Crippen MR) is 138 cm³/mol. The lowest BCUT2D eigenvalue weighted by Crippen LogP contribution is -2.35. The molecule has 0 aliphatic heterocycles. The summed E-state index contributed by atoms with van der Waals surface area (Å²) >= 11 is 1.63. The molecule has 2 unspecified atom stereocenters. The Labute approximate surface area is 201 Å². The minimum atomic E-state index is -0.925. The van der Waals surface area contributed by atoms with Gasteiger partial charge in [0.15, 0.2) is 0 Å². The van der Waals surface area contributed by atoms with Crippen LogP contribution in [0.3, 0.4) is 0 Å². The van der Waals surface area contributed by atoms with Crippen molar-refractivity contribution in [3.05, 3.63) is 69.8 Å². The molecule has 0 radical (unpaired) electrons. The van der Waals surface area contributed by atoms with Gasteiger partial charge in [0.1, 0.15) is 0 Å². The quantitative estimate of drug-likeness (QED) is 0.401. The Bertz CT molecular complexity index is 1010. The van der Waals surface area contributed by atoms with Gasteiger partial charge < -0.3 is 15.3 Å². The van der Waals surface area contributed by atoms with Crippen molar-refractivity contribution in [3.63, 3.8) is 0 Å². The van der Waals surface area contributed by atoms with Crippen LogP contribution in [0.25, 0.3) is 12.2 Å². The lowest BCUT2D eigenvalue weighted by Gasteiger charge is -2.44. The van der Waals surface area contributed by atoms with E-state index < -0.39 is 12.1 Å². The largest absolute Gasteiger partial charge is 0.478 e. The summed E-state index contributed by atoms with van der Waals surface area (Å²) < 4.78 is 0. The molecule has 5 heteroatoms. The number of aliphatic hydroxyl groups excluding tert-OH is 2. The van der Waals surface area contributed by atoms with Gasteiger partial charge in [-0.15, -0.1) is 0 Å². The van der Waals surface area contributed by atoms with Crippen molar-refractivity contribution in [2.45, 2.75) is 69.6 Å². The number of fused-ring (bicyclic) bond motifs is 1. The first-order valence-electron chi connectivity index (χ1n) is 11.7. The zero-order valence-corrected chi connectivity index (χ0v) is 20.9. The molecule has 2 atom stereocenters. The third-order valence-electron chi connectivity index (χ3n) is 7.13. The van der Waals surface area contributed by atoms with Crippen LogP contribution in [-0.4, -0.2) is 39.8 Å². The third-order valence-corrected chi connectivity index (χ3v) is 8.27. The van der Waals surface area contributed by atoms with Crippen molar-refractivity contribution in [2.75, 3.05) is 12.4 Å². The SMILES string of the molecule is CCC1(C)CCC(C)(C)c2cc(/C=C/c3ccc(C(=O)O)cc3)c(CSCC(O)CO)cc21. The second-order valence-corrected chi connectivity index (χ2v) is 11.0. The lowest BCUT2D eigenvalue weighted by molar-refractivity contribution is 0.0697. The molecule has 33 heavy (non-hydrogen) atoms. The molecule has 1 aliphatic rings. The van der Waals surface area contributed by atoms with E-state index in [-0.39, 0.29) is 23.0 Å². The van der Waals surface area contributed by atoms with Crippen LogP contribution in [-0.2, 0) is 16.6 Å². The molecule has 0 fully saturated rings. The van der Waals surface area contributed by atoms with Crippen LogP contribution >= 0.6 is 11.8 Å². The number of hydrogen-bond donors (Lipinski definition) is 3. The molecule has 0 bridgehead atoms. The summed E-state index contributed by atoms with van der Waals surface area (Å²) in [4.78, 5) is 11.1. The van der Waals surface area contributed by atoms with E-state index in [0.29, 0.717) is 5.75 Å². The van der Waals surface area contributed by atoms with Crippen LogP contribution in [0.15, 0.2) is 36.4 Å². The Balaban J connectivity index is 2.01. The van der Waals surface area contributed by atoms with E-state index >= 15 is 0 Å². The van der Waals surface area contributed by atoms with E-state index in [1.165, 1.54) is 23.1 Å². The van der Waals surface area contributed by atoms with Crippen molar-refractivity contribution in [1.82, 2.24) is 0 Å². The summed E-state index contributed by atoms with van der Waals surface area (Å²) in [7, 11) is 0. The number of benzene rings is 2. The highest BCUT2D eigenvalue weighted by Gasteiger charge is 2.39. The Morgan fingerprint density at radius 3 is 2.39 bits per heavy atom. The van der Waals surface area contributed by atoms with Crippen molar-refractivity contribution >= 4 is 29.9 Å². The van der Waals surface area contributed by atoms with Gasteiger partial charge in [0.25, 0.3) is 0 Å². The number of carboxylic acids is 1. The zero-order valence-electron chi connectivity index (χ0n) is 20.1. The van der Waals surface area contributed by atoms with Crippen LogP contribution in [0.4, 0.5) is 0 Å². The van der Waals surface area contributed by atoms with Gasteiger partial charge in [-0.2, -0.15) is 11.8 Å². The summed E-state index contributed by atoms with van der Waals surface area (Å²) in [6.07, 6.45) is 6.85. The summed E-state index contributed by atoms with van der Waals surface area (Å²) in [5, 5.41) is 28.1. The summed E-state index contributed by atoms with van der Waals surface area (Å²) in [6, 6.07) is 11.6. The van der Waals surface area contributed by atoms with Gasteiger partial charge >= 0.3 is 5.97 Å². The fourth-order valence-corrected chi connectivity index (χ4v) is 5.47. The van der Waals surface area contributed by atoms with E-state index in [0.717, 1.165) is 29.7 Å². The molecular weight excluding hydrogens is 432 g/mol. The fraction of sp³-hybridized carbons (Fsp3) is 0.464. The standard InChI is InChI=1S/C28H36O4S/c1-5-28(4)13-12-27(2,3)24-14-21(11-8-19-6-9-20(10-7-19)26(31)32)22(15-25(24)28)17-33-18-23(30)16-29/h6-11,14-15,23,29-30H,5,12-13,16-18H2,1-4H3,(H,31,32)/b11-8+. The van der Waals surface area contributed by atoms with Gasteiger partial charge in [-0.1, -0.05) is 64.1 Å². The maximum Gasteiger partial charge on any atom is 0.335 e. The molecule has 1 aliphatic carbocycles. The molecule has 0 saturated carbocycles. The van der Waals surface area contributed by atoms with E-state index in [1.54, 1.807) is 23.9 Å². The average Bonchev–Trinajstić information content (AvgIpc) is 2.80. The van der Waals surface area contributed by atoms with Gasteiger partial charge in [0.2, 0.25) is 0 Å². The Morgan fingerprint density at radius 2 is 1.79 bits per heavy atom. The number of carbonyl (C=O) groups is 1. The molecule has 3 rings (SSSR count). The smallest absolute Gasteiger partial charge is 0.335 e. The predicted octanol–water partition coefficient (Wildman–Crippen LogP) is 5.88. The topological polar surface area (TPSA) is 77.8 Å². The van der Waals surface area contributed by atoms with Crippen LogP contribution in [0.5, 0.6) is 0 Å². The zero-order chi connectivity index (χ0) is 24.2. The number of hydrogen-bond acceptors (Lipinski definition) is 4. The first-order chi connectivity index (χ1) is 15.6. The molecule has 3 N–H and O–H groups in total. The van der Waals surface area contributed by atoms with Crippen LogP contribution in [0.1, 0.15) is 85.1 Å². The highest BCUT2D eigenvalue weighted by atomic mass is 32.2. The number of thioether (sulfide) groups is 1. The van der Waals surface area contributed by atoms with Crippen molar-refractivity contribution < 1.29 is 20.1 Å². The molecule has 0 saturated heterocycles. The first-order valence-corrected chi connectivity index (χ1v) is 12.8. The van der Waals surface area contributed by atoms with Gasteiger partial charge in [-0.05, 0) is 70.0 Å². The molecule has 2 aromatic rings. The minimum Gasteiger partial charge on any atom is -0.478 e. The molecule has 0 amide bonds. The van der Waals surface area contributed by atoms with E-state index in [9.17, 15) is 9.90 Å². The van der Waals surface area contributed by atoms with Gasteiger partial charge in [0, 0.05) is 11.5 Å². The minimum absolute atomic E-state index is 0.106. The van der Waals surface area contributed by atoms with Gasteiger partial charge in [0.05, 0.1) is 18.3 Å². The highest BCUT2D eigenvalue weighted by molar-refractivity contribution is 7.98. The molecule has 2 aromatic carbocycles. The van der Waals surface area contributed by atoms with E-state index in [4.69, 9.17) is 10.2 Å².